The first-order valence-electron chi connectivity index (χ1n) is 13.6. The van der Waals surface area contributed by atoms with Crippen molar-refractivity contribution in [2.75, 3.05) is 19.8 Å². The molecular formula is C33H34IN3O3. The predicted octanol–water partition coefficient (Wildman–Crippen LogP) is 6.79. The van der Waals surface area contributed by atoms with Crippen molar-refractivity contribution in [3.8, 4) is 53.3 Å². The molecule has 7 heteroatoms. The monoisotopic (exact) mass is 647 g/mol. The normalized spacial score (nSPS) is 9.97. The first kappa shape index (κ1) is 30.8. The van der Waals surface area contributed by atoms with Gasteiger partial charge >= 0.3 is 0 Å². The lowest BCUT2D eigenvalue weighted by molar-refractivity contribution is 0.308. The summed E-state index contributed by atoms with van der Waals surface area (Å²) in [6.45, 7) is 8.24. The summed E-state index contributed by atoms with van der Waals surface area (Å²) >= 11 is 2.17. The number of hydrogen-bond donors (Lipinski definition) is 0. The second-order valence-electron chi connectivity index (χ2n) is 8.91. The predicted molar refractivity (Wildman–Crippen MR) is 167 cm³/mol. The number of unbranched alkanes of at least 4 members (excludes halogenated alkanes) is 3. The minimum atomic E-state index is 0.470. The van der Waals surface area contributed by atoms with E-state index in [4.69, 9.17) is 20.6 Å². The lowest BCUT2D eigenvalue weighted by atomic mass is 10.2. The molecule has 0 saturated carbocycles. The minimum absolute atomic E-state index is 0.470. The topological polar surface area (TPSA) is 66.4 Å². The van der Waals surface area contributed by atoms with Gasteiger partial charge in [0.1, 0.15) is 49.4 Å². The molecule has 0 spiro atoms. The fraction of sp³-hybridized carbons (Fsp3) is 0.364. The summed E-state index contributed by atoms with van der Waals surface area (Å²) in [5, 5.41) is 0. The average molecular weight is 648 g/mol. The van der Waals surface area contributed by atoms with E-state index < -0.39 is 0 Å². The molecule has 0 aliphatic heterocycles. The molecule has 0 amide bonds. The number of hydrogen-bond acceptors (Lipinski definition) is 6. The number of terminal acetylenes is 1. The van der Waals surface area contributed by atoms with E-state index >= 15 is 0 Å². The highest BCUT2D eigenvalue weighted by Gasteiger charge is 2.05. The Morgan fingerprint density at radius 1 is 0.575 bits per heavy atom. The molecule has 0 radical (unpaired) electrons. The Bertz CT molecular complexity index is 1440. The van der Waals surface area contributed by atoms with Crippen molar-refractivity contribution in [1.82, 2.24) is 15.0 Å². The molecule has 0 fully saturated rings. The van der Waals surface area contributed by atoms with Crippen LogP contribution in [-0.2, 0) is 0 Å². The van der Waals surface area contributed by atoms with Gasteiger partial charge < -0.3 is 14.2 Å². The standard InChI is InChI=1S/C33H34IN3O3/c1-5-9-16-38-30-19-25(8-4)35-26(20-30)12-13-27-21-31(39-17-10-6-2)22-28(36-27)14-15-29-23-32(24-33(34)37-29)40-18-11-7-3/h4,19-24H,5-7,9-11,16-18H2,1-3H3. The van der Waals surface area contributed by atoms with Crippen molar-refractivity contribution < 1.29 is 14.2 Å². The van der Waals surface area contributed by atoms with Crippen LogP contribution in [-0.4, -0.2) is 34.8 Å². The quantitative estimate of drug-likeness (QED) is 0.0934. The van der Waals surface area contributed by atoms with E-state index in [0.717, 1.165) is 48.0 Å². The molecule has 206 valence electrons. The van der Waals surface area contributed by atoms with Crippen molar-refractivity contribution in [3.05, 3.63) is 68.6 Å². The van der Waals surface area contributed by atoms with Crippen LogP contribution in [0.1, 0.15) is 87.8 Å². The summed E-state index contributed by atoms with van der Waals surface area (Å²) in [6, 6.07) is 10.9. The van der Waals surface area contributed by atoms with Gasteiger partial charge in [0, 0.05) is 36.4 Å². The maximum absolute atomic E-state index is 5.96. The van der Waals surface area contributed by atoms with Crippen molar-refractivity contribution in [2.24, 2.45) is 0 Å². The Morgan fingerprint density at radius 3 is 1.32 bits per heavy atom. The zero-order valence-corrected chi connectivity index (χ0v) is 25.5. The minimum Gasteiger partial charge on any atom is -0.493 e. The van der Waals surface area contributed by atoms with E-state index in [1.165, 1.54) is 0 Å². The molecule has 0 aliphatic carbocycles. The molecule has 0 aliphatic rings. The highest BCUT2D eigenvalue weighted by molar-refractivity contribution is 14.1. The third kappa shape index (κ3) is 10.8. The lowest BCUT2D eigenvalue weighted by Crippen LogP contribution is -2.00. The number of pyridine rings is 3. The third-order valence-corrected chi connectivity index (χ3v) is 6.00. The van der Waals surface area contributed by atoms with Gasteiger partial charge in [0.05, 0.1) is 19.8 Å². The van der Waals surface area contributed by atoms with Gasteiger partial charge in [-0.3, -0.25) is 0 Å². The van der Waals surface area contributed by atoms with E-state index in [1.54, 1.807) is 18.2 Å². The zero-order valence-electron chi connectivity index (χ0n) is 23.3. The number of aromatic nitrogens is 3. The first-order chi connectivity index (χ1) is 19.5. The van der Waals surface area contributed by atoms with Crippen molar-refractivity contribution >= 4 is 22.6 Å². The zero-order chi connectivity index (χ0) is 28.6. The summed E-state index contributed by atoms with van der Waals surface area (Å²) in [4.78, 5) is 13.6. The van der Waals surface area contributed by atoms with Gasteiger partial charge in [0.25, 0.3) is 0 Å². The highest BCUT2D eigenvalue weighted by atomic mass is 127. The summed E-state index contributed by atoms with van der Waals surface area (Å²) < 4.78 is 18.4. The summed E-state index contributed by atoms with van der Waals surface area (Å²) in [5.41, 5.74) is 2.63. The largest absolute Gasteiger partial charge is 0.493 e. The maximum Gasteiger partial charge on any atom is 0.124 e. The number of ether oxygens (including phenoxy) is 3. The second-order valence-corrected chi connectivity index (χ2v) is 10.0. The molecule has 0 unspecified atom stereocenters. The highest BCUT2D eigenvalue weighted by Crippen LogP contribution is 2.18. The summed E-state index contributed by atoms with van der Waals surface area (Å²) in [5.74, 6) is 17.0. The van der Waals surface area contributed by atoms with Crippen LogP contribution in [0, 0.1) is 39.7 Å². The van der Waals surface area contributed by atoms with Crippen LogP contribution in [0.15, 0.2) is 36.4 Å². The third-order valence-electron chi connectivity index (χ3n) is 5.45. The van der Waals surface area contributed by atoms with Crippen LogP contribution in [0.3, 0.4) is 0 Å². The van der Waals surface area contributed by atoms with Crippen LogP contribution in [0.2, 0.25) is 0 Å². The molecule has 0 atom stereocenters. The molecule has 0 bridgehead atoms. The van der Waals surface area contributed by atoms with Gasteiger partial charge in [-0.2, -0.15) is 0 Å². The molecule has 3 rings (SSSR count). The number of halogens is 1. The molecule has 40 heavy (non-hydrogen) atoms. The van der Waals surface area contributed by atoms with Crippen LogP contribution in [0.5, 0.6) is 17.2 Å². The molecule has 0 aromatic carbocycles. The van der Waals surface area contributed by atoms with E-state index in [2.05, 4.69) is 87.9 Å². The van der Waals surface area contributed by atoms with Gasteiger partial charge in [-0.25, -0.2) is 15.0 Å². The SMILES string of the molecule is C#Cc1cc(OCCCC)cc(C#Cc2cc(OCCCC)cc(C#Cc3cc(OCCCC)cc(I)n3)n2)n1. The Hall–Kier alpha value is -3.74. The molecule has 0 N–H and O–H groups in total. The molecular weight excluding hydrogens is 613 g/mol. The Balaban J connectivity index is 1.91. The van der Waals surface area contributed by atoms with Gasteiger partial charge in [0.15, 0.2) is 0 Å². The van der Waals surface area contributed by atoms with Gasteiger partial charge in [0.2, 0.25) is 0 Å². The van der Waals surface area contributed by atoms with Gasteiger partial charge in [-0.1, -0.05) is 46.0 Å². The molecule has 6 nitrogen and oxygen atoms in total. The smallest absolute Gasteiger partial charge is 0.124 e. The first-order valence-corrected chi connectivity index (χ1v) is 14.7. The Labute approximate surface area is 251 Å². The van der Waals surface area contributed by atoms with Crippen molar-refractivity contribution in [2.45, 2.75) is 59.3 Å². The lowest BCUT2D eigenvalue weighted by Gasteiger charge is -2.07. The molecule has 3 heterocycles. The Kier molecular flexibility index (Phi) is 13.1. The summed E-state index contributed by atoms with van der Waals surface area (Å²) in [7, 11) is 0. The van der Waals surface area contributed by atoms with Crippen LogP contribution >= 0.6 is 22.6 Å². The van der Waals surface area contributed by atoms with Crippen LogP contribution in [0.25, 0.3) is 0 Å². The van der Waals surface area contributed by atoms with E-state index in [-0.39, 0.29) is 0 Å². The van der Waals surface area contributed by atoms with E-state index in [9.17, 15) is 0 Å². The summed E-state index contributed by atoms with van der Waals surface area (Å²) in [6.07, 6.45) is 11.6. The van der Waals surface area contributed by atoms with E-state index in [0.29, 0.717) is 59.8 Å². The molecule has 3 aromatic heterocycles. The number of nitrogens with zero attached hydrogens (tertiary/aromatic N) is 3. The van der Waals surface area contributed by atoms with Gasteiger partial charge in [-0.05, 0) is 65.5 Å². The average Bonchev–Trinajstić information content (AvgIpc) is 2.95. The fourth-order valence-corrected chi connectivity index (χ4v) is 3.89. The van der Waals surface area contributed by atoms with Crippen LogP contribution < -0.4 is 14.2 Å². The Morgan fingerprint density at radius 2 is 0.925 bits per heavy atom. The fourth-order valence-electron chi connectivity index (χ4n) is 3.32. The van der Waals surface area contributed by atoms with Crippen molar-refractivity contribution in [1.29, 1.82) is 0 Å². The van der Waals surface area contributed by atoms with Gasteiger partial charge in [-0.15, -0.1) is 6.42 Å². The maximum atomic E-state index is 5.96. The molecule has 0 saturated heterocycles. The second kappa shape index (κ2) is 17.1. The van der Waals surface area contributed by atoms with E-state index in [1.807, 2.05) is 18.2 Å². The number of rotatable bonds is 12. The van der Waals surface area contributed by atoms with Crippen molar-refractivity contribution in [3.63, 3.8) is 0 Å². The molecule has 3 aromatic rings. The van der Waals surface area contributed by atoms with Crippen LogP contribution in [0.4, 0.5) is 0 Å².